The molecule has 0 unspecified atom stereocenters. The van der Waals surface area contributed by atoms with Gasteiger partial charge in [0.1, 0.15) is 9.77 Å². The third kappa shape index (κ3) is 4.50. The maximum atomic E-state index is 12.2. The van der Waals surface area contributed by atoms with Crippen LogP contribution in [0.25, 0.3) is 0 Å². The molecule has 0 aromatic carbocycles. The molecule has 7 nitrogen and oxygen atoms in total. The summed E-state index contributed by atoms with van der Waals surface area (Å²) in [6.45, 7) is 5.14. The summed E-state index contributed by atoms with van der Waals surface area (Å²) < 4.78 is 31.7. The fourth-order valence-corrected chi connectivity index (χ4v) is 4.68. The maximum absolute atomic E-state index is 12.2. The van der Waals surface area contributed by atoms with E-state index in [0.29, 0.717) is 6.54 Å². The predicted octanol–water partition coefficient (Wildman–Crippen LogP) is 0.108. The summed E-state index contributed by atoms with van der Waals surface area (Å²) in [5.41, 5.74) is 0. The number of nitrogens with one attached hydrogen (secondary N) is 2. The highest BCUT2D eigenvalue weighted by atomic mass is 32.2. The maximum Gasteiger partial charge on any atom is 0.349 e. The summed E-state index contributed by atoms with van der Waals surface area (Å²) in [6, 6.07) is 1.43. The van der Waals surface area contributed by atoms with Crippen LogP contribution in [0.2, 0.25) is 0 Å². The summed E-state index contributed by atoms with van der Waals surface area (Å²) in [5.74, 6) is -0.629. The minimum atomic E-state index is -3.68. The zero-order chi connectivity index (χ0) is 16.0. The fourth-order valence-electron chi connectivity index (χ4n) is 2.27. The molecule has 0 radical (unpaired) electrons. The molecule has 9 heteroatoms. The third-order valence-corrected chi connectivity index (χ3v) is 5.97. The lowest BCUT2D eigenvalue weighted by molar-refractivity contribution is 0.0602. The number of carbonyl (C=O) groups is 1. The average Bonchev–Trinajstić information content (AvgIpc) is 3.02. The van der Waals surface area contributed by atoms with Gasteiger partial charge in [0, 0.05) is 32.7 Å². The highest BCUT2D eigenvalue weighted by Gasteiger charge is 2.24. The minimum Gasteiger partial charge on any atom is -0.465 e. The second-order valence-corrected chi connectivity index (χ2v) is 7.60. The van der Waals surface area contributed by atoms with Gasteiger partial charge in [-0.05, 0) is 24.4 Å². The highest BCUT2D eigenvalue weighted by Crippen LogP contribution is 2.22. The molecule has 0 amide bonds. The molecule has 2 N–H and O–H groups in total. The Hall–Kier alpha value is -1.00. The molecule has 1 aromatic rings. The lowest BCUT2D eigenvalue weighted by atomic mass is 10.3. The molecule has 1 fully saturated rings. The molecule has 22 heavy (non-hydrogen) atoms. The average molecular weight is 347 g/mol. The van der Waals surface area contributed by atoms with E-state index in [-0.39, 0.29) is 9.77 Å². The normalized spacial score (nSPS) is 16.6. The predicted molar refractivity (Wildman–Crippen MR) is 84.8 cm³/mol. The van der Waals surface area contributed by atoms with E-state index < -0.39 is 16.0 Å². The van der Waals surface area contributed by atoms with Crippen LogP contribution in [0.1, 0.15) is 16.1 Å². The van der Waals surface area contributed by atoms with Crippen molar-refractivity contribution in [3.8, 4) is 0 Å². The van der Waals surface area contributed by atoms with Gasteiger partial charge in [0.2, 0.25) is 10.0 Å². The number of esters is 1. The largest absolute Gasteiger partial charge is 0.465 e. The Kier molecular flexibility index (Phi) is 6.33. The number of rotatable bonds is 7. The third-order valence-electron chi connectivity index (χ3n) is 3.44. The van der Waals surface area contributed by atoms with Crippen LogP contribution >= 0.6 is 11.3 Å². The van der Waals surface area contributed by atoms with Gasteiger partial charge in [-0.3, -0.25) is 0 Å². The molecule has 2 rings (SSSR count). The Balaban J connectivity index is 1.86. The van der Waals surface area contributed by atoms with Crippen molar-refractivity contribution in [2.75, 3.05) is 46.4 Å². The molecule has 2 heterocycles. The van der Waals surface area contributed by atoms with Gasteiger partial charge in [0.25, 0.3) is 0 Å². The van der Waals surface area contributed by atoms with Crippen LogP contribution in [-0.4, -0.2) is 65.7 Å². The van der Waals surface area contributed by atoms with E-state index in [1.807, 2.05) is 0 Å². The second kappa shape index (κ2) is 8.02. The van der Waals surface area contributed by atoms with E-state index in [0.717, 1.165) is 50.5 Å². The van der Waals surface area contributed by atoms with E-state index in [1.54, 1.807) is 5.38 Å². The molecule has 0 saturated carbocycles. The van der Waals surface area contributed by atoms with Gasteiger partial charge in [-0.25, -0.2) is 17.9 Å². The highest BCUT2D eigenvalue weighted by molar-refractivity contribution is 7.89. The summed E-state index contributed by atoms with van der Waals surface area (Å²) in [4.78, 5) is 14.0. The van der Waals surface area contributed by atoms with Crippen molar-refractivity contribution in [1.29, 1.82) is 0 Å². The Morgan fingerprint density at radius 2 is 2.18 bits per heavy atom. The zero-order valence-electron chi connectivity index (χ0n) is 12.5. The number of methoxy groups -OCH3 is 1. The number of sulfonamides is 1. The molecular weight excluding hydrogens is 326 g/mol. The molecule has 0 atom stereocenters. The van der Waals surface area contributed by atoms with E-state index in [2.05, 4.69) is 19.7 Å². The first-order chi connectivity index (χ1) is 10.5. The summed E-state index contributed by atoms with van der Waals surface area (Å²) in [5, 5.41) is 4.85. The molecular formula is C13H21N3O4S2. The smallest absolute Gasteiger partial charge is 0.349 e. The first-order valence-electron chi connectivity index (χ1n) is 7.13. The van der Waals surface area contributed by atoms with Crippen molar-refractivity contribution in [1.82, 2.24) is 14.9 Å². The Morgan fingerprint density at radius 1 is 1.45 bits per heavy atom. The summed E-state index contributed by atoms with van der Waals surface area (Å²) in [6.07, 6.45) is 0.733. The van der Waals surface area contributed by atoms with Gasteiger partial charge in [-0.1, -0.05) is 0 Å². The van der Waals surface area contributed by atoms with Crippen LogP contribution in [-0.2, 0) is 14.8 Å². The Bertz CT molecular complexity index is 594. The molecule has 1 aromatic heterocycles. The minimum absolute atomic E-state index is 0.00785. The number of thiophene rings is 1. The van der Waals surface area contributed by atoms with E-state index in [4.69, 9.17) is 0 Å². The Morgan fingerprint density at radius 3 is 2.86 bits per heavy atom. The van der Waals surface area contributed by atoms with Crippen molar-refractivity contribution >= 4 is 27.3 Å². The molecule has 0 aliphatic carbocycles. The second-order valence-electron chi connectivity index (χ2n) is 4.95. The fraction of sp³-hybridized carbons (Fsp3) is 0.615. The van der Waals surface area contributed by atoms with Gasteiger partial charge in [-0.15, -0.1) is 11.3 Å². The van der Waals surface area contributed by atoms with E-state index in [1.165, 1.54) is 13.2 Å². The lowest BCUT2D eigenvalue weighted by Crippen LogP contribution is -2.44. The number of carbonyl (C=O) groups excluding carboxylic acids is 1. The lowest BCUT2D eigenvalue weighted by Gasteiger charge is -2.27. The van der Waals surface area contributed by atoms with Crippen molar-refractivity contribution in [2.45, 2.75) is 11.3 Å². The molecule has 0 bridgehead atoms. The quantitative estimate of drug-likeness (QED) is 0.538. The molecule has 1 aliphatic rings. The van der Waals surface area contributed by atoms with Gasteiger partial charge in [0.15, 0.2) is 0 Å². The molecule has 124 valence electrons. The van der Waals surface area contributed by atoms with Crippen LogP contribution in [0.5, 0.6) is 0 Å². The van der Waals surface area contributed by atoms with Crippen LogP contribution in [0.15, 0.2) is 16.3 Å². The van der Waals surface area contributed by atoms with E-state index in [9.17, 15) is 13.2 Å². The van der Waals surface area contributed by atoms with Crippen LogP contribution in [0.4, 0.5) is 0 Å². The van der Waals surface area contributed by atoms with Crippen molar-refractivity contribution in [2.24, 2.45) is 0 Å². The first kappa shape index (κ1) is 17.4. The number of piperazine rings is 1. The SMILES string of the molecule is COC(=O)c1sccc1S(=O)(=O)NCCCN1CCNCC1. The van der Waals surface area contributed by atoms with Crippen molar-refractivity contribution in [3.63, 3.8) is 0 Å². The van der Waals surface area contributed by atoms with Crippen LogP contribution in [0.3, 0.4) is 0 Å². The number of hydrogen-bond acceptors (Lipinski definition) is 7. The number of nitrogens with zero attached hydrogens (tertiary/aromatic N) is 1. The Labute approximate surface area is 134 Å². The zero-order valence-corrected chi connectivity index (χ0v) is 14.1. The van der Waals surface area contributed by atoms with Gasteiger partial charge >= 0.3 is 5.97 Å². The number of hydrogen-bond donors (Lipinski definition) is 2. The topological polar surface area (TPSA) is 87.7 Å². The summed E-state index contributed by atoms with van der Waals surface area (Å²) in [7, 11) is -2.44. The van der Waals surface area contributed by atoms with Gasteiger partial charge in [0.05, 0.1) is 7.11 Å². The standard InChI is InChI=1S/C13H21N3O4S2/c1-20-13(17)12-11(3-10-21-12)22(18,19)15-4-2-7-16-8-5-14-6-9-16/h3,10,14-15H,2,4-9H2,1H3. The van der Waals surface area contributed by atoms with Crippen molar-refractivity contribution < 1.29 is 17.9 Å². The van der Waals surface area contributed by atoms with Gasteiger partial charge < -0.3 is 15.0 Å². The molecule has 0 spiro atoms. The van der Waals surface area contributed by atoms with Gasteiger partial charge in [-0.2, -0.15) is 0 Å². The molecule has 1 aliphatic heterocycles. The summed E-state index contributed by atoms with van der Waals surface area (Å²) >= 11 is 1.06. The van der Waals surface area contributed by atoms with E-state index >= 15 is 0 Å². The molecule has 1 saturated heterocycles. The monoisotopic (exact) mass is 347 g/mol. The number of ether oxygens (including phenoxy) is 1. The van der Waals surface area contributed by atoms with Crippen LogP contribution < -0.4 is 10.0 Å². The van der Waals surface area contributed by atoms with Crippen LogP contribution in [0, 0.1) is 0 Å². The first-order valence-corrected chi connectivity index (χ1v) is 9.49. The van der Waals surface area contributed by atoms with Crippen molar-refractivity contribution in [3.05, 3.63) is 16.3 Å².